The summed E-state index contributed by atoms with van der Waals surface area (Å²) in [6.07, 6.45) is 2.19. The largest absolute Gasteiger partial charge is 0.477 e. The highest BCUT2D eigenvalue weighted by molar-refractivity contribution is 6.43. The number of hydrogen-bond acceptors (Lipinski definition) is 3. The molecule has 110 valence electrons. The predicted molar refractivity (Wildman–Crippen MR) is 82.7 cm³/mol. The van der Waals surface area contributed by atoms with Crippen LogP contribution < -0.4 is 0 Å². The minimum absolute atomic E-state index is 0.273. The lowest BCUT2D eigenvalue weighted by atomic mass is 10.0. The summed E-state index contributed by atoms with van der Waals surface area (Å²) in [6, 6.07) is 3.62. The number of hydrogen-bond donors (Lipinski definition) is 1. The zero-order chi connectivity index (χ0) is 15.1. The summed E-state index contributed by atoms with van der Waals surface area (Å²) in [5, 5.41) is 10.3. The summed E-state index contributed by atoms with van der Waals surface area (Å²) in [5.74, 6) is -0.695. The Hall–Kier alpha value is -1.49. The molecule has 0 bridgehead atoms. The highest BCUT2D eigenvalue weighted by Gasteiger charge is 2.23. The van der Waals surface area contributed by atoms with E-state index in [2.05, 4.69) is 4.90 Å². The van der Waals surface area contributed by atoms with Crippen molar-refractivity contribution in [3.8, 4) is 0 Å². The van der Waals surface area contributed by atoms with Gasteiger partial charge in [-0.2, -0.15) is 0 Å². The maximum atomic E-state index is 10.9. The number of carboxylic acid groups (broad SMARTS) is 1. The number of likely N-dealkylation sites (N-methyl/N-ethyl adjacent to an activating group) is 1. The lowest BCUT2D eigenvalue weighted by molar-refractivity contribution is -0.131. The maximum Gasteiger partial charge on any atom is 0.347 e. The maximum absolute atomic E-state index is 10.9. The lowest BCUT2D eigenvalue weighted by Gasteiger charge is -2.12. The van der Waals surface area contributed by atoms with E-state index < -0.39 is 5.97 Å². The monoisotopic (exact) mass is 325 g/mol. The van der Waals surface area contributed by atoms with E-state index in [1.54, 1.807) is 0 Å². The zero-order valence-corrected chi connectivity index (χ0v) is 12.8. The first-order valence-electron chi connectivity index (χ1n) is 6.49. The molecule has 0 saturated heterocycles. The molecule has 6 heteroatoms. The van der Waals surface area contributed by atoms with Crippen LogP contribution in [0.5, 0.6) is 0 Å². The molecule has 0 saturated carbocycles. The molecule has 0 radical (unpaired) electrons. The number of carbonyl (C=O) groups is 1. The van der Waals surface area contributed by atoms with Crippen LogP contribution in [0.1, 0.15) is 16.9 Å². The van der Waals surface area contributed by atoms with E-state index in [1.165, 1.54) is 6.08 Å². The van der Waals surface area contributed by atoms with Crippen LogP contribution in [0, 0.1) is 0 Å². The molecule has 0 spiro atoms. The van der Waals surface area contributed by atoms with Crippen molar-refractivity contribution in [1.82, 2.24) is 4.90 Å². The van der Waals surface area contributed by atoms with Crippen molar-refractivity contribution in [3.63, 3.8) is 0 Å². The van der Waals surface area contributed by atoms with Gasteiger partial charge in [-0.15, -0.1) is 0 Å². The summed E-state index contributed by atoms with van der Waals surface area (Å²) >= 11 is 12.0. The molecule has 1 aliphatic rings. The second-order valence-electron chi connectivity index (χ2n) is 5.13. The van der Waals surface area contributed by atoms with Gasteiger partial charge in [-0.1, -0.05) is 23.2 Å². The van der Waals surface area contributed by atoms with E-state index in [0.29, 0.717) is 22.9 Å². The van der Waals surface area contributed by atoms with Crippen molar-refractivity contribution in [1.29, 1.82) is 0 Å². The Morgan fingerprint density at radius 1 is 1.43 bits per heavy atom. The fraction of sp³-hybridized carbons (Fsp3) is 0.267. The summed E-state index contributed by atoms with van der Waals surface area (Å²) in [4.78, 5) is 13.1. The number of rotatable bonds is 2. The molecular formula is C15H13Cl2NO3. The fourth-order valence-electron chi connectivity index (χ4n) is 2.67. The average molecular weight is 326 g/mol. The number of furan rings is 1. The third-order valence-corrected chi connectivity index (χ3v) is 4.30. The van der Waals surface area contributed by atoms with Gasteiger partial charge in [0, 0.05) is 35.1 Å². The molecule has 1 N–H and O–H groups in total. The van der Waals surface area contributed by atoms with Gasteiger partial charge in [0.1, 0.15) is 16.4 Å². The lowest BCUT2D eigenvalue weighted by Crippen LogP contribution is -2.18. The third-order valence-electron chi connectivity index (χ3n) is 3.67. The molecule has 0 atom stereocenters. The normalized spacial score (nSPS) is 16.2. The van der Waals surface area contributed by atoms with Gasteiger partial charge in [0.15, 0.2) is 0 Å². The molecule has 1 aromatic heterocycles. The number of nitrogens with zero attached hydrogens (tertiary/aromatic N) is 1. The zero-order valence-electron chi connectivity index (χ0n) is 11.3. The second kappa shape index (κ2) is 5.37. The Bertz CT molecular complexity index is 764. The Morgan fingerprint density at radius 3 is 2.90 bits per heavy atom. The summed E-state index contributed by atoms with van der Waals surface area (Å²) in [5.41, 5.74) is 2.69. The molecule has 21 heavy (non-hydrogen) atoms. The Morgan fingerprint density at radius 2 is 2.19 bits per heavy atom. The smallest absolute Gasteiger partial charge is 0.347 e. The predicted octanol–water partition coefficient (Wildman–Crippen LogP) is 3.74. The van der Waals surface area contributed by atoms with Crippen LogP contribution in [0.2, 0.25) is 5.02 Å². The number of benzene rings is 1. The van der Waals surface area contributed by atoms with E-state index in [4.69, 9.17) is 32.7 Å². The molecule has 2 aromatic rings. The van der Waals surface area contributed by atoms with E-state index in [0.717, 1.165) is 29.5 Å². The molecule has 4 nitrogen and oxygen atoms in total. The van der Waals surface area contributed by atoms with Gasteiger partial charge in [-0.25, -0.2) is 4.79 Å². The van der Waals surface area contributed by atoms with Crippen LogP contribution in [0.25, 0.3) is 17.0 Å². The Labute approximate surface area is 131 Å². The first kappa shape index (κ1) is 14.4. The van der Waals surface area contributed by atoms with E-state index in [1.807, 2.05) is 19.2 Å². The van der Waals surface area contributed by atoms with E-state index in [-0.39, 0.29) is 5.03 Å². The van der Waals surface area contributed by atoms with Crippen LogP contribution in [0.4, 0.5) is 0 Å². The van der Waals surface area contributed by atoms with Gasteiger partial charge >= 0.3 is 5.97 Å². The Kier molecular flexibility index (Phi) is 3.69. The summed E-state index contributed by atoms with van der Waals surface area (Å²) < 4.78 is 5.78. The third kappa shape index (κ3) is 2.55. The Balaban J connectivity index is 2.28. The SMILES string of the molecule is CN1CCc2c(Cl)ccc3oc(/C=C(\Cl)C(=O)O)c(c23)C1. The van der Waals surface area contributed by atoms with E-state index >= 15 is 0 Å². The first-order valence-corrected chi connectivity index (χ1v) is 7.24. The molecule has 0 aliphatic carbocycles. The van der Waals surface area contributed by atoms with Gasteiger partial charge < -0.3 is 14.4 Å². The molecular weight excluding hydrogens is 313 g/mol. The van der Waals surface area contributed by atoms with Gasteiger partial charge in [-0.3, -0.25) is 0 Å². The van der Waals surface area contributed by atoms with Gasteiger partial charge in [0.25, 0.3) is 0 Å². The van der Waals surface area contributed by atoms with Crippen molar-refractivity contribution < 1.29 is 14.3 Å². The van der Waals surface area contributed by atoms with Crippen LogP contribution in [-0.2, 0) is 17.8 Å². The van der Waals surface area contributed by atoms with Crippen molar-refractivity contribution in [2.75, 3.05) is 13.6 Å². The molecule has 3 rings (SSSR count). The fourth-order valence-corrected chi connectivity index (χ4v) is 3.02. The number of carboxylic acids is 1. The van der Waals surface area contributed by atoms with Crippen LogP contribution in [-0.4, -0.2) is 29.6 Å². The van der Waals surface area contributed by atoms with E-state index in [9.17, 15) is 4.79 Å². The molecule has 1 aliphatic heterocycles. The molecule has 0 fully saturated rings. The standard InChI is InChI=1S/C15H13Cl2NO3/c1-18-5-4-8-10(16)2-3-12-14(8)9(7-18)13(21-12)6-11(17)15(19)20/h2-3,6H,4-5,7H2,1H3,(H,19,20)/b11-6-. The highest BCUT2D eigenvalue weighted by atomic mass is 35.5. The first-order chi connectivity index (χ1) is 9.97. The number of halogens is 2. The molecule has 0 unspecified atom stereocenters. The topological polar surface area (TPSA) is 53.7 Å². The second-order valence-corrected chi connectivity index (χ2v) is 5.94. The quantitative estimate of drug-likeness (QED) is 0.854. The van der Waals surface area contributed by atoms with Crippen LogP contribution in [0.15, 0.2) is 21.6 Å². The minimum Gasteiger partial charge on any atom is -0.477 e. The van der Waals surface area contributed by atoms with Gasteiger partial charge in [0.05, 0.1) is 0 Å². The van der Waals surface area contributed by atoms with Crippen molar-refractivity contribution in [2.45, 2.75) is 13.0 Å². The minimum atomic E-state index is -1.18. The summed E-state index contributed by atoms with van der Waals surface area (Å²) in [7, 11) is 2.00. The molecule has 0 amide bonds. The van der Waals surface area contributed by atoms with Gasteiger partial charge in [0.2, 0.25) is 0 Å². The van der Waals surface area contributed by atoms with Gasteiger partial charge in [-0.05, 0) is 31.2 Å². The number of aliphatic carboxylic acids is 1. The van der Waals surface area contributed by atoms with Crippen LogP contribution in [0.3, 0.4) is 0 Å². The molecule has 1 aromatic carbocycles. The summed E-state index contributed by atoms with van der Waals surface area (Å²) in [6.45, 7) is 1.54. The van der Waals surface area contributed by atoms with Crippen LogP contribution >= 0.6 is 23.2 Å². The van der Waals surface area contributed by atoms with Crippen molar-refractivity contribution in [2.24, 2.45) is 0 Å². The average Bonchev–Trinajstić information content (AvgIpc) is 2.64. The highest BCUT2D eigenvalue weighted by Crippen LogP contribution is 2.37. The van der Waals surface area contributed by atoms with Crippen molar-refractivity contribution >= 4 is 46.2 Å². The molecule has 2 heterocycles. The van der Waals surface area contributed by atoms with Crippen molar-refractivity contribution in [3.05, 3.63) is 39.1 Å².